The maximum Gasteiger partial charge on any atom is 0.221 e. The molecular weight excluding hydrogens is 345 g/mol. The number of benzene rings is 3. The fraction of sp³-hybridized carbons (Fsp3) is 0.0455. The Morgan fingerprint density at radius 2 is 1.69 bits per heavy atom. The summed E-state index contributed by atoms with van der Waals surface area (Å²) in [4.78, 5) is 12.7. The second kappa shape index (κ2) is 6.73. The van der Waals surface area contributed by atoms with Crippen molar-refractivity contribution in [2.24, 2.45) is 0 Å². The van der Waals surface area contributed by atoms with Gasteiger partial charge in [0.25, 0.3) is 0 Å². The molecule has 0 spiro atoms. The van der Waals surface area contributed by atoms with E-state index in [4.69, 9.17) is 0 Å². The summed E-state index contributed by atoms with van der Waals surface area (Å²) in [6, 6.07) is 22.6. The van der Waals surface area contributed by atoms with Crippen molar-refractivity contribution in [1.29, 1.82) is 0 Å². The highest BCUT2D eigenvalue weighted by Crippen LogP contribution is 2.46. The van der Waals surface area contributed by atoms with E-state index < -0.39 is 0 Å². The summed E-state index contributed by atoms with van der Waals surface area (Å²) in [6.45, 7) is 1.49. The molecule has 0 saturated heterocycles. The number of fused-ring (bicyclic) bond motifs is 1. The van der Waals surface area contributed by atoms with Gasteiger partial charge in [0.05, 0.1) is 0 Å². The van der Waals surface area contributed by atoms with E-state index in [0.717, 1.165) is 37.3 Å². The van der Waals surface area contributed by atoms with Gasteiger partial charge in [-0.2, -0.15) is 0 Å². The number of rotatable bonds is 3. The lowest BCUT2D eigenvalue weighted by Crippen LogP contribution is -2.06. The van der Waals surface area contributed by atoms with E-state index >= 15 is 0 Å². The largest absolute Gasteiger partial charge is 0.326 e. The average molecular weight is 361 g/mol. The molecule has 4 aromatic rings. The molecule has 1 aromatic heterocycles. The molecule has 0 aliphatic carbocycles. The van der Waals surface area contributed by atoms with Crippen LogP contribution in [0.5, 0.6) is 0 Å². The Morgan fingerprint density at radius 1 is 0.962 bits per heavy atom. The van der Waals surface area contributed by atoms with Crippen LogP contribution in [0.4, 0.5) is 10.1 Å². The van der Waals surface area contributed by atoms with Crippen molar-refractivity contribution < 1.29 is 9.18 Å². The van der Waals surface area contributed by atoms with E-state index in [2.05, 4.69) is 5.32 Å². The Morgan fingerprint density at radius 3 is 2.46 bits per heavy atom. The molecule has 1 N–H and O–H groups in total. The monoisotopic (exact) mass is 361 g/mol. The number of nitrogens with one attached hydrogen (secondary N) is 1. The zero-order valence-electron chi connectivity index (χ0n) is 14.1. The summed E-state index contributed by atoms with van der Waals surface area (Å²) in [5.41, 5.74) is 3.63. The van der Waals surface area contributed by atoms with Crippen LogP contribution < -0.4 is 5.32 Å². The minimum atomic E-state index is -0.270. The Balaban J connectivity index is 2.05. The van der Waals surface area contributed by atoms with Gasteiger partial charge in [-0.15, -0.1) is 11.3 Å². The molecule has 0 radical (unpaired) electrons. The van der Waals surface area contributed by atoms with Crippen molar-refractivity contribution in [2.45, 2.75) is 6.92 Å². The summed E-state index contributed by atoms with van der Waals surface area (Å²) < 4.78 is 15.0. The maximum absolute atomic E-state index is 14.0. The SMILES string of the molecule is CC(=O)Nc1ccccc1-c1c(-c2ccccc2)sc2ccc(F)cc12. The van der Waals surface area contributed by atoms with Gasteiger partial charge in [-0.3, -0.25) is 4.79 Å². The van der Waals surface area contributed by atoms with Crippen LogP contribution in [0.25, 0.3) is 31.7 Å². The van der Waals surface area contributed by atoms with Crippen molar-refractivity contribution in [1.82, 2.24) is 0 Å². The zero-order valence-corrected chi connectivity index (χ0v) is 14.9. The first-order valence-corrected chi connectivity index (χ1v) is 9.09. The van der Waals surface area contributed by atoms with Gasteiger partial charge >= 0.3 is 0 Å². The van der Waals surface area contributed by atoms with Gasteiger partial charge in [0, 0.05) is 38.7 Å². The summed E-state index contributed by atoms with van der Waals surface area (Å²) >= 11 is 1.63. The first kappa shape index (κ1) is 16.5. The molecule has 1 heterocycles. The molecule has 0 atom stereocenters. The van der Waals surface area contributed by atoms with Crippen molar-refractivity contribution >= 4 is 33.0 Å². The molecular formula is C22H16FNOS. The molecule has 0 saturated carbocycles. The number of carbonyl (C=O) groups is 1. The highest BCUT2D eigenvalue weighted by atomic mass is 32.1. The second-order valence-electron chi connectivity index (χ2n) is 6.04. The van der Waals surface area contributed by atoms with E-state index in [9.17, 15) is 9.18 Å². The van der Waals surface area contributed by atoms with Crippen LogP contribution in [0.3, 0.4) is 0 Å². The Hall–Kier alpha value is -2.98. The highest BCUT2D eigenvalue weighted by molar-refractivity contribution is 7.23. The van der Waals surface area contributed by atoms with Crippen LogP contribution in [-0.2, 0) is 4.79 Å². The molecule has 0 aliphatic heterocycles. The van der Waals surface area contributed by atoms with Gasteiger partial charge in [-0.1, -0.05) is 48.5 Å². The van der Waals surface area contributed by atoms with E-state index in [1.165, 1.54) is 13.0 Å². The number of thiophene rings is 1. The van der Waals surface area contributed by atoms with E-state index in [1.54, 1.807) is 17.4 Å². The van der Waals surface area contributed by atoms with Crippen LogP contribution >= 0.6 is 11.3 Å². The fourth-order valence-electron chi connectivity index (χ4n) is 3.13. The minimum absolute atomic E-state index is 0.135. The summed E-state index contributed by atoms with van der Waals surface area (Å²) in [5, 5.41) is 3.75. The van der Waals surface area contributed by atoms with Crippen LogP contribution in [-0.4, -0.2) is 5.91 Å². The third-order valence-electron chi connectivity index (χ3n) is 4.19. The second-order valence-corrected chi connectivity index (χ2v) is 7.09. The fourth-order valence-corrected chi connectivity index (χ4v) is 4.33. The average Bonchev–Trinajstić information content (AvgIpc) is 3.01. The lowest BCUT2D eigenvalue weighted by molar-refractivity contribution is -0.114. The number of anilines is 1. The smallest absolute Gasteiger partial charge is 0.221 e. The number of carbonyl (C=O) groups excluding carboxylic acids is 1. The summed E-state index contributed by atoms with van der Waals surface area (Å²) in [6.07, 6.45) is 0. The maximum atomic E-state index is 14.0. The van der Waals surface area contributed by atoms with Crippen molar-refractivity contribution in [3.05, 3.63) is 78.6 Å². The van der Waals surface area contributed by atoms with Gasteiger partial charge in [0.15, 0.2) is 0 Å². The van der Waals surface area contributed by atoms with E-state index in [1.807, 2.05) is 60.7 Å². The van der Waals surface area contributed by atoms with Crippen LogP contribution in [0.15, 0.2) is 72.8 Å². The predicted molar refractivity (Wildman–Crippen MR) is 107 cm³/mol. The number of para-hydroxylation sites is 1. The molecule has 1 amide bonds. The summed E-state index contributed by atoms with van der Waals surface area (Å²) in [5.74, 6) is -0.405. The highest BCUT2D eigenvalue weighted by Gasteiger charge is 2.18. The van der Waals surface area contributed by atoms with Crippen LogP contribution in [0.2, 0.25) is 0 Å². The topological polar surface area (TPSA) is 29.1 Å². The lowest BCUT2D eigenvalue weighted by Gasteiger charge is -2.12. The first-order chi connectivity index (χ1) is 12.6. The predicted octanol–water partition coefficient (Wildman–Crippen LogP) is 6.33. The normalized spacial score (nSPS) is 10.8. The number of hydrogen-bond donors (Lipinski definition) is 1. The van der Waals surface area contributed by atoms with Gasteiger partial charge in [0.2, 0.25) is 5.91 Å². The molecule has 0 bridgehead atoms. The molecule has 0 aliphatic rings. The lowest BCUT2D eigenvalue weighted by atomic mass is 9.97. The van der Waals surface area contributed by atoms with E-state index in [-0.39, 0.29) is 11.7 Å². The molecule has 4 rings (SSSR count). The Labute approximate surface area is 154 Å². The third kappa shape index (κ3) is 3.00. The van der Waals surface area contributed by atoms with Gasteiger partial charge in [0.1, 0.15) is 5.82 Å². The molecule has 0 unspecified atom stereocenters. The molecule has 128 valence electrons. The van der Waals surface area contributed by atoms with Gasteiger partial charge in [-0.25, -0.2) is 4.39 Å². The Kier molecular flexibility index (Phi) is 4.27. The molecule has 26 heavy (non-hydrogen) atoms. The third-order valence-corrected chi connectivity index (χ3v) is 5.41. The Bertz CT molecular complexity index is 1100. The first-order valence-electron chi connectivity index (χ1n) is 8.28. The zero-order chi connectivity index (χ0) is 18.1. The van der Waals surface area contributed by atoms with Crippen LogP contribution in [0, 0.1) is 5.82 Å². The van der Waals surface area contributed by atoms with Gasteiger partial charge < -0.3 is 5.32 Å². The quantitative estimate of drug-likeness (QED) is 0.454. The van der Waals surface area contributed by atoms with Crippen molar-refractivity contribution in [3.63, 3.8) is 0 Å². The minimum Gasteiger partial charge on any atom is -0.326 e. The molecule has 3 aromatic carbocycles. The molecule has 4 heteroatoms. The summed E-state index contributed by atoms with van der Waals surface area (Å²) in [7, 11) is 0. The number of halogens is 1. The van der Waals surface area contributed by atoms with E-state index in [0.29, 0.717) is 0 Å². The molecule has 0 fully saturated rings. The molecule has 2 nitrogen and oxygen atoms in total. The number of amides is 1. The van der Waals surface area contributed by atoms with Crippen molar-refractivity contribution in [3.8, 4) is 21.6 Å². The van der Waals surface area contributed by atoms with Crippen molar-refractivity contribution in [2.75, 3.05) is 5.32 Å². The standard InChI is InChI=1S/C22H16FNOS/c1-14(25)24-19-10-6-5-9-17(19)21-18-13-16(23)11-12-20(18)26-22(21)15-7-3-2-4-8-15/h2-13H,1H3,(H,24,25). The number of hydrogen-bond acceptors (Lipinski definition) is 2. The van der Waals surface area contributed by atoms with Gasteiger partial charge in [-0.05, 0) is 29.8 Å². The van der Waals surface area contributed by atoms with Crippen LogP contribution in [0.1, 0.15) is 6.92 Å².